The van der Waals surface area contributed by atoms with Crippen LogP contribution >= 0.6 is 11.6 Å². The Bertz CT molecular complexity index is 1050. The second kappa shape index (κ2) is 8.89. The summed E-state index contributed by atoms with van der Waals surface area (Å²) in [5.74, 6) is -0.630. The topological polar surface area (TPSA) is 124 Å². The van der Waals surface area contributed by atoms with Crippen molar-refractivity contribution in [1.82, 2.24) is 10.9 Å². The van der Waals surface area contributed by atoms with Crippen LogP contribution in [0.2, 0.25) is 5.02 Å². The zero-order valence-corrected chi connectivity index (χ0v) is 15.5. The van der Waals surface area contributed by atoms with E-state index in [1.165, 1.54) is 18.2 Å². The fourth-order valence-electron chi connectivity index (χ4n) is 2.34. The van der Waals surface area contributed by atoms with E-state index < -0.39 is 22.4 Å². The van der Waals surface area contributed by atoms with Crippen LogP contribution in [0.25, 0.3) is 0 Å². The first-order valence-electron chi connectivity index (χ1n) is 8.25. The molecule has 0 fully saturated rings. The van der Waals surface area contributed by atoms with Gasteiger partial charge < -0.3 is 9.15 Å². The number of carbonyl (C=O) groups is 2. The molecule has 0 saturated heterocycles. The lowest BCUT2D eigenvalue weighted by atomic mass is 10.2. The van der Waals surface area contributed by atoms with Crippen LogP contribution in [0.5, 0.6) is 5.75 Å². The molecule has 0 atom stereocenters. The Morgan fingerprint density at radius 3 is 2.48 bits per heavy atom. The number of halogens is 1. The van der Waals surface area contributed by atoms with Crippen molar-refractivity contribution in [2.75, 3.05) is 0 Å². The summed E-state index contributed by atoms with van der Waals surface area (Å²) in [5.41, 5.74) is 3.50. The maximum Gasteiger partial charge on any atom is 0.305 e. The number of rotatable bonds is 6. The van der Waals surface area contributed by atoms with Gasteiger partial charge in [-0.05, 0) is 36.4 Å². The molecule has 0 aliphatic carbocycles. The van der Waals surface area contributed by atoms with E-state index in [0.29, 0.717) is 11.5 Å². The minimum absolute atomic E-state index is 0.0671. The van der Waals surface area contributed by atoms with Crippen molar-refractivity contribution in [3.8, 4) is 5.75 Å². The quantitative estimate of drug-likeness (QED) is 0.469. The van der Waals surface area contributed by atoms with E-state index in [1.54, 1.807) is 18.2 Å². The number of nitro groups is 1. The lowest BCUT2D eigenvalue weighted by Gasteiger charge is -2.07. The number of amides is 2. The van der Waals surface area contributed by atoms with Gasteiger partial charge in [-0.2, -0.15) is 0 Å². The molecule has 1 aromatic heterocycles. The summed E-state index contributed by atoms with van der Waals surface area (Å²) in [6.45, 7) is 0.112. The molecule has 2 N–H and O–H groups in total. The van der Waals surface area contributed by atoms with Crippen LogP contribution in [-0.2, 0) is 6.61 Å². The molecule has 3 aromatic rings. The molecule has 148 valence electrons. The van der Waals surface area contributed by atoms with E-state index in [2.05, 4.69) is 10.9 Å². The SMILES string of the molecule is O=C(NNC(=O)c1ccc(Cl)cc1[N+](=O)[O-])c1ccc(COc2ccccc2)o1. The lowest BCUT2D eigenvalue weighted by molar-refractivity contribution is -0.385. The first-order chi connectivity index (χ1) is 13.9. The van der Waals surface area contributed by atoms with Crippen LogP contribution in [-0.4, -0.2) is 16.7 Å². The van der Waals surface area contributed by atoms with Crippen molar-refractivity contribution in [1.29, 1.82) is 0 Å². The molecule has 0 spiro atoms. The summed E-state index contributed by atoms with van der Waals surface area (Å²) in [7, 11) is 0. The highest BCUT2D eigenvalue weighted by Crippen LogP contribution is 2.23. The van der Waals surface area contributed by atoms with Gasteiger partial charge in [-0.15, -0.1) is 0 Å². The Balaban J connectivity index is 1.58. The number of nitrogens with zero attached hydrogens (tertiary/aromatic N) is 1. The molecule has 3 rings (SSSR count). The number of hydrogen-bond donors (Lipinski definition) is 2. The molecule has 0 radical (unpaired) electrons. The number of para-hydroxylation sites is 1. The predicted octanol–water partition coefficient (Wildman–Crippen LogP) is 3.50. The van der Waals surface area contributed by atoms with Gasteiger partial charge in [-0.1, -0.05) is 29.8 Å². The Hall–Kier alpha value is -3.85. The lowest BCUT2D eigenvalue weighted by Crippen LogP contribution is -2.41. The highest BCUT2D eigenvalue weighted by atomic mass is 35.5. The van der Waals surface area contributed by atoms with Crippen molar-refractivity contribution in [3.63, 3.8) is 0 Å². The van der Waals surface area contributed by atoms with Gasteiger partial charge in [0.05, 0.1) is 4.92 Å². The van der Waals surface area contributed by atoms with Gasteiger partial charge in [-0.25, -0.2) is 0 Å². The van der Waals surface area contributed by atoms with E-state index in [1.807, 2.05) is 18.2 Å². The van der Waals surface area contributed by atoms with Gasteiger partial charge in [0, 0.05) is 11.1 Å². The molecular weight excluding hydrogens is 402 g/mol. The maximum atomic E-state index is 12.2. The van der Waals surface area contributed by atoms with Gasteiger partial charge in [-0.3, -0.25) is 30.6 Å². The molecule has 9 nitrogen and oxygen atoms in total. The van der Waals surface area contributed by atoms with Crippen molar-refractivity contribution in [3.05, 3.63) is 92.9 Å². The Morgan fingerprint density at radius 2 is 1.76 bits per heavy atom. The first-order valence-corrected chi connectivity index (χ1v) is 8.63. The number of benzene rings is 2. The monoisotopic (exact) mass is 415 g/mol. The fraction of sp³-hybridized carbons (Fsp3) is 0.0526. The minimum atomic E-state index is -0.874. The van der Waals surface area contributed by atoms with E-state index in [4.69, 9.17) is 20.8 Å². The van der Waals surface area contributed by atoms with Crippen LogP contribution in [0.4, 0.5) is 5.69 Å². The van der Waals surface area contributed by atoms with Crippen molar-refractivity contribution < 1.29 is 23.7 Å². The standard InChI is InChI=1S/C19H14ClN3O6/c20-12-6-8-15(16(10-12)23(26)27)18(24)21-22-19(25)17-9-7-14(29-17)11-28-13-4-2-1-3-5-13/h1-10H,11H2,(H,21,24)(H,22,25). The molecule has 0 unspecified atom stereocenters. The second-order valence-electron chi connectivity index (χ2n) is 5.69. The average Bonchev–Trinajstić information content (AvgIpc) is 3.20. The van der Waals surface area contributed by atoms with Crippen LogP contribution in [0.1, 0.15) is 26.7 Å². The fourth-order valence-corrected chi connectivity index (χ4v) is 2.51. The number of carbonyl (C=O) groups excluding carboxylic acids is 2. The molecule has 0 aliphatic heterocycles. The van der Waals surface area contributed by atoms with Gasteiger partial charge in [0.25, 0.3) is 11.6 Å². The molecule has 29 heavy (non-hydrogen) atoms. The third-order valence-corrected chi connectivity index (χ3v) is 3.94. The molecule has 10 heteroatoms. The highest BCUT2D eigenvalue weighted by Gasteiger charge is 2.21. The zero-order chi connectivity index (χ0) is 20.8. The van der Waals surface area contributed by atoms with Crippen molar-refractivity contribution in [2.45, 2.75) is 6.61 Å². The summed E-state index contributed by atoms with van der Waals surface area (Å²) in [5, 5.41) is 11.2. The largest absolute Gasteiger partial charge is 0.486 e. The van der Waals surface area contributed by atoms with Gasteiger partial charge in [0.15, 0.2) is 5.76 Å². The number of nitro benzene ring substituents is 1. The number of ether oxygens (including phenoxy) is 1. The van der Waals surface area contributed by atoms with Crippen LogP contribution in [0.3, 0.4) is 0 Å². The number of hydrogen-bond acceptors (Lipinski definition) is 6. The third kappa shape index (κ3) is 5.11. The summed E-state index contributed by atoms with van der Waals surface area (Å²) < 4.78 is 10.9. The normalized spacial score (nSPS) is 10.2. The molecule has 0 saturated carbocycles. The molecular formula is C19H14ClN3O6. The van der Waals surface area contributed by atoms with Gasteiger partial charge in [0.2, 0.25) is 0 Å². The van der Waals surface area contributed by atoms with Crippen molar-refractivity contribution >= 4 is 29.1 Å². The van der Waals surface area contributed by atoms with Gasteiger partial charge in [0.1, 0.15) is 23.7 Å². The minimum Gasteiger partial charge on any atom is -0.486 e. The zero-order valence-electron chi connectivity index (χ0n) is 14.8. The first kappa shape index (κ1) is 19.9. The van der Waals surface area contributed by atoms with E-state index in [0.717, 1.165) is 6.07 Å². The van der Waals surface area contributed by atoms with Crippen LogP contribution in [0.15, 0.2) is 65.1 Å². The molecule has 0 aliphatic rings. The summed E-state index contributed by atoms with van der Waals surface area (Å²) >= 11 is 5.71. The summed E-state index contributed by atoms with van der Waals surface area (Å²) in [6.07, 6.45) is 0. The molecule has 0 bridgehead atoms. The number of nitrogens with one attached hydrogen (secondary N) is 2. The second-order valence-corrected chi connectivity index (χ2v) is 6.13. The number of furan rings is 1. The maximum absolute atomic E-state index is 12.2. The van der Waals surface area contributed by atoms with Crippen molar-refractivity contribution in [2.24, 2.45) is 0 Å². The highest BCUT2D eigenvalue weighted by molar-refractivity contribution is 6.31. The van der Waals surface area contributed by atoms with E-state index in [9.17, 15) is 19.7 Å². The summed E-state index contributed by atoms with van der Waals surface area (Å²) in [4.78, 5) is 34.6. The van der Waals surface area contributed by atoms with Gasteiger partial charge >= 0.3 is 5.91 Å². The van der Waals surface area contributed by atoms with E-state index >= 15 is 0 Å². The third-order valence-electron chi connectivity index (χ3n) is 3.70. The summed E-state index contributed by atoms with van der Waals surface area (Å²) in [6, 6.07) is 15.6. The predicted molar refractivity (Wildman–Crippen MR) is 103 cm³/mol. The molecule has 2 aromatic carbocycles. The Morgan fingerprint density at radius 1 is 1.03 bits per heavy atom. The Labute approximate surface area is 169 Å². The number of hydrazine groups is 1. The molecule has 2 amide bonds. The Kier molecular flexibility index (Phi) is 6.10. The van der Waals surface area contributed by atoms with Crippen LogP contribution < -0.4 is 15.6 Å². The van der Waals surface area contributed by atoms with E-state index in [-0.39, 0.29) is 23.0 Å². The average molecular weight is 416 g/mol. The molecule has 1 heterocycles. The smallest absolute Gasteiger partial charge is 0.305 e. The van der Waals surface area contributed by atoms with Crippen LogP contribution in [0, 0.1) is 10.1 Å².